The minimum absolute atomic E-state index is 0.0499. The van der Waals surface area contributed by atoms with E-state index in [0.717, 1.165) is 18.6 Å². The van der Waals surface area contributed by atoms with Crippen LogP contribution in [0.3, 0.4) is 0 Å². The highest BCUT2D eigenvalue weighted by atomic mass is 32.1. The molecule has 2 heterocycles. The summed E-state index contributed by atoms with van der Waals surface area (Å²) in [5.41, 5.74) is 0.500. The van der Waals surface area contributed by atoms with Gasteiger partial charge in [0.05, 0.1) is 16.8 Å². The van der Waals surface area contributed by atoms with Crippen molar-refractivity contribution in [1.82, 2.24) is 10.2 Å². The van der Waals surface area contributed by atoms with E-state index >= 15 is 0 Å². The number of thiophene rings is 1. The second-order valence-electron chi connectivity index (χ2n) is 6.47. The van der Waals surface area contributed by atoms with Crippen molar-refractivity contribution in [2.24, 2.45) is 5.92 Å². The molecule has 1 saturated heterocycles. The van der Waals surface area contributed by atoms with E-state index in [2.05, 4.69) is 5.32 Å². The maximum atomic E-state index is 13.4. The molecule has 1 fully saturated rings. The zero-order valence-electron chi connectivity index (χ0n) is 14.4. The lowest BCUT2D eigenvalue weighted by molar-refractivity contribution is -0.127. The SMILES string of the molecule is CC(NC(=O)C1CCCN(C(=O)c2cccs2)C1)c1ccc(F)c(F)c1. The Morgan fingerprint density at radius 3 is 2.77 bits per heavy atom. The van der Waals surface area contributed by atoms with Crippen molar-refractivity contribution in [3.63, 3.8) is 0 Å². The predicted molar refractivity (Wildman–Crippen MR) is 95.9 cm³/mol. The first-order chi connectivity index (χ1) is 12.5. The predicted octanol–water partition coefficient (Wildman–Crippen LogP) is 3.76. The number of halogens is 2. The van der Waals surface area contributed by atoms with Crippen LogP contribution in [-0.4, -0.2) is 29.8 Å². The molecule has 1 aliphatic rings. The number of hydrogen-bond acceptors (Lipinski definition) is 3. The standard InChI is InChI=1S/C19H20F2N2O2S/c1-12(13-6-7-15(20)16(21)10-13)22-18(24)14-4-2-8-23(11-14)19(25)17-5-3-9-26-17/h3,5-7,9-10,12,14H,2,4,8,11H2,1H3,(H,22,24). The molecule has 2 aromatic rings. The minimum Gasteiger partial charge on any atom is -0.349 e. The maximum Gasteiger partial charge on any atom is 0.263 e. The Morgan fingerprint density at radius 2 is 2.08 bits per heavy atom. The smallest absolute Gasteiger partial charge is 0.263 e. The van der Waals surface area contributed by atoms with Gasteiger partial charge in [-0.25, -0.2) is 8.78 Å². The molecule has 0 bridgehead atoms. The van der Waals surface area contributed by atoms with Crippen LogP contribution in [0, 0.1) is 17.6 Å². The van der Waals surface area contributed by atoms with E-state index in [0.29, 0.717) is 30.0 Å². The van der Waals surface area contributed by atoms with Crippen LogP contribution >= 0.6 is 11.3 Å². The van der Waals surface area contributed by atoms with Gasteiger partial charge in [0.1, 0.15) is 0 Å². The molecule has 0 saturated carbocycles. The van der Waals surface area contributed by atoms with Crippen molar-refractivity contribution in [3.05, 3.63) is 57.8 Å². The third-order valence-corrected chi connectivity index (χ3v) is 5.47. The topological polar surface area (TPSA) is 49.4 Å². The summed E-state index contributed by atoms with van der Waals surface area (Å²) in [6.45, 7) is 2.73. The van der Waals surface area contributed by atoms with Gasteiger partial charge in [0, 0.05) is 13.1 Å². The highest BCUT2D eigenvalue weighted by molar-refractivity contribution is 7.12. The number of hydrogen-bond donors (Lipinski definition) is 1. The summed E-state index contributed by atoms with van der Waals surface area (Å²) in [5.74, 6) is -2.38. The van der Waals surface area contributed by atoms with Crippen molar-refractivity contribution < 1.29 is 18.4 Å². The van der Waals surface area contributed by atoms with Gasteiger partial charge >= 0.3 is 0 Å². The molecule has 2 amide bonds. The lowest BCUT2D eigenvalue weighted by Crippen LogP contribution is -2.45. The first kappa shape index (κ1) is 18.5. The number of amides is 2. The minimum atomic E-state index is -0.936. The van der Waals surface area contributed by atoms with Crippen LogP contribution in [0.2, 0.25) is 0 Å². The molecule has 0 spiro atoms. The summed E-state index contributed by atoms with van der Waals surface area (Å²) < 4.78 is 26.4. The van der Waals surface area contributed by atoms with Gasteiger partial charge in [-0.3, -0.25) is 9.59 Å². The molecule has 26 heavy (non-hydrogen) atoms. The molecule has 1 aliphatic heterocycles. The lowest BCUT2D eigenvalue weighted by Gasteiger charge is -2.32. The van der Waals surface area contributed by atoms with Crippen molar-refractivity contribution >= 4 is 23.2 Å². The van der Waals surface area contributed by atoms with Crippen LogP contribution in [0.1, 0.15) is 41.0 Å². The molecule has 1 aromatic carbocycles. The van der Waals surface area contributed by atoms with E-state index in [9.17, 15) is 18.4 Å². The lowest BCUT2D eigenvalue weighted by atomic mass is 9.96. The van der Waals surface area contributed by atoms with E-state index in [-0.39, 0.29) is 17.7 Å². The Morgan fingerprint density at radius 1 is 1.27 bits per heavy atom. The van der Waals surface area contributed by atoms with Gasteiger partial charge < -0.3 is 10.2 Å². The van der Waals surface area contributed by atoms with Crippen LogP contribution < -0.4 is 5.32 Å². The second kappa shape index (κ2) is 7.95. The Balaban J connectivity index is 1.62. The summed E-state index contributed by atoms with van der Waals surface area (Å²) in [7, 11) is 0. The molecule has 7 heteroatoms. The fourth-order valence-corrected chi connectivity index (χ4v) is 3.82. The van der Waals surface area contributed by atoms with Gasteiger partial charge in [-0.05, 0) is 48.9 Å². The monoisotopic (exact) mass is 378 g/mol. The molecular formula is C19H20F2N2O2S. The summed E-state index contributed by atoms with van der Waals surface area (Å²) >= 11 is 1.39. The van der Waals surface area contributed by atoms with E-state index < -0.39 is 17.7 Å². The van der Waals surface area contributed by atoms with Gasteiger partial charge in [0.25, 0.3) is 5.91 Å². The van der Waals surface area contributed by atoms with Gasteiger partial charge in [-0.15, -0.1) is 11.3 Å². The first-order valence-electron chi connectivity index (χ1n) is 8.54. The quantitative estimate of drug-likeness (QED) is 0.881. The van der Waals surface area contributed by atoms with E-state index in [1.807, 2.05) is 11.4 Å². The van der Waals surface area contributed by atoms with E-state index in [1.165, 1.54) is 17.4 Å². The van der Waals surface area contributed by atoms with Crippen LogP contribution in [0.15, 0.2) is 35.7 Å². The molecule has 2 unspecified atom stereocenters. The number of benzene rings is 1. The van der Waals surface area contributed by atoms with Gasteiger partial charge in [0.2, 0.25) is 5.91 Å². The maximum absolute atomic E-state index is 13.4. The highest BCUT2D eigenvalue weighted by Crippen LogP contribution is 2.22. The number of nitrogens with one attached hydrogen (secondary N) is 1. The molecule has 4 nitrogen and oxygen atoms in total. The average Bonchev–Trinajstić information content (AvgIpc) is 3.18. The second-order valence-corrected chi connectivity index (χ2v) is 7.42. The molecule has 138 valence electrons. The van der Waals surface area contributed by atoms with Crippen LogP contribution in [-0.2, 0) is 4.79 Å². The number of piperidine rings is 1. The number of carbonyl (C=O) groups excluding carboxylic acids is 2. The molecule has 3 rings (SSSR count). The van der Waals surface area contributed by atoms with Gasteiger partial charge in [0.15, 0.2) is 11.6 Å². The zero-order chi connectivity index (χ0) is 18.7. The number of nitrogens with zero attached hydrogens (tertiary/aromatic N) is 1. The number of likely N-dealkylation sites (tertiary alicyclic amines) is 1. The van der Waals surface area contributed by atoms with Gasteiger partial charge in [-0.2, -0.15) is 0 Å². The fourth-order valence-electron chi connectivity index (χ4n) is 3.13. The average molecular weight is 378 g/mol. The van der Waals surface area contributed by atoms with Crippen LogP contribution in [0.25, 0.3) is 0 Å². The molecule has 1 N–H and O–H groups in total. The largest absolute Gasteiger partial charge is 0.349 e. The summed E-state index contributed by atoms with van der Waals surface area (Å²) in [6, 6.07) is 6.76. The molecular weight excluding hydrogens is 358 g/mol. The summed E-state index contributed by atoms with van der Waals surface area (Å²) in [4.78, 5) is 27.4. The van der Waals surface area contributed by atoms with Crippen LogP contribution in [0.5, 0.6) is 0 Å². The molecule has 0 radical (unpaired) electrons. The first-order valence-corrected chi connectivity index (χ1v) is 9.42. The van der Waals surface area contributed by atoms with Crippen molar-refractivity contribution in [2.45, 2.75) is 25.8 Å². The normalized spacial score (nSPS) is 18.4. The summed E-state index contributed by atoms with van der Waals surface area (Å²) in [6.07, 6.45) is 1.46. The highest BCUT2D eigenvalue weighted by Gasteiger charge is 2.30. The Labute approximate surface area is 154 Å². The Bertz CT molecular complexity index is 795. The van der Waals surface area contributed by atoms with Crippen molar-refractivity contribution in [3.8, 4) is 0 Å². The Hall–Kier alpha value is -2.28. The third kappa shape index (κ3) is 4.09. The van der Waals surface area contributed by atoms with Crippen molar-refractivity contribution in [1.29, 1.82) is 0 Å². The van der Waals surface area contributed by atoms with Crippen molar-refractivity contribution in [2.75, 3.05) is 13.1 Å². The molecule has 0 aliphatic carbocycles. The summed E-state index contributed by atoms with van der Waals surface area (Å²) in [5, 5.41) is 4.70. The number of carbonyl (C=O) groups is 2. The Kier molecular flexibility index (Phi) is 5.66. The molecule has 1 aromatic heterocycles. The zero-order valence-corrected chi connectivity index (χ0v) is 15.2. The third-order valence-electron chi connectivity index (χ3n) is 4.61. The molecule has 2 atom stereocenters. The van der Waals surface area contributed by atoms with Crippen LogP contribution in [0.4, 0.5) is 8.78 Å². The fraction of sp³-hybridized carbons (Fsp3) is 0.368. The number of rotatable bonds is 4. The van der Waals surface area contributed by atoms with Gasteiger partial charge in [-0.1, -0.05) is 12.1 Å². The van der Waals surface area contributed by atoms with E-state index in [4.69, 9.17) is 0 Å². The van der Waals surface area contributed by atoms with E-state index in [1.54, 1.807) is 17.9 Å².